The molecule has 0 N–H and O–H groups in total. The van der Waals surface area contributed by atoms with Gasteiger partial charge in [0.05, 0.1) is 16.0 Å². The molecule has 24 heavy (non-hydrogen) atoms. The average molecular weight is 387 g/mol. The van der Waals surface area contributed by atoms with Crippen LogP contribution in [0.3, 0.4) is 0 Å². The van der Waals surface area contributed by atoms with Gasteiger partial charge in [0.15, 0.2) is 5.75 Å². The summed E-state index contributed by atoms with van der Waals surface area (Å²) < 4.78 is 5.43. The van der Waals surface area contributed by atoms with Gasteiger partial charge in [-0.25, -0.2) is 9.97 Å². The van der Waals surface area contributed by atoms with E-state index < -0.39 is 0 Å². The minimum absolute atomic E-state index is 0.140. The molecule has 1 aliphatic rings. The van der Waals surface area contributed by atoms with Gasteiger partial charge < -0.3 is 9.64 Å². The van der Waals surface area contributed by atoms with E-state index in [1.807, 2.05) is 4.90 Å². The monoisotopic (exact) mass is 385 g/mol. The van der Waals surface area contributed by atoms with Crippen LogP contribution in [0.4, 0.5) is 5.95 Å². The van der Waals surface area contributed by atoms with Crippen molar-refractivity contribution in [2.24, 2.45) is 5.92 Å². The van der Waals surface area contributed by atoms with Crippen LogP contribution in [0.2, 0.25) is 15.1 Å². The van der Waals surface area contributed by atoms with E-state index in [2.05, 4.69) is 9.97 Å². The first kappa shape index (κ1) is 17.3. The Morgan fingerprint density at radius 1 is 1.17 bits per heavy atom. The number of hydrogen-bond acceptors (Lipinski definition) is 5. The van der Waals surface area contributed by atoms with Crippen molar-refractivity contribution < 1.29 is 9.53 Å². The molecule has 1 unspecified atom stereocenters. The molecule has 5 nitrogen and oxygen atoms in total. The number of piperidine rings is 1. The molecule has 2 aromatic rings. The molecule has 0 saturated carbocycles. The van der Waals surface area contributed by atoms with E-state index in [0.29, 0.717) is 17.5 Å². The highest BCUT2D eigenvalue weighted by Gasteiger charge is 2.29. The number of benzene rings is 1. The number of esters is 1. The quantitative estimate of drug-likeness (QED) is 0.583. The Morgan fingerprint density at radius 2 is 1.83 bits per heavy atom. The van der Waals surface area contributed by atoms with E-state index in [1.54, 1.807) is 18.5 Å². The maximum absolute atomic E-state index is 12.5. The van der Waals surface area contributed by atoms with Crippen LogP contribution in [0, 0.1) is 5.92 Å². The predicted molar refractivity (Wildman–Crippen MR) is 94.1 cm³/mol. The third-order valence-corrected chi connectivity index (χ3v) is 4.54. The molecule has 1 fully saturated rings. The Hall–Kier alpha value is -1.56. The predicted octanol–water partition coefficient (Wildman–Crippen LogP) is 4.26. The van der Waals surface area contributed by atoms with Gasteiger partial charge in [-0.05, 0) is 31.0 Å². The van der Waals surface area contributed by atoms with Crippen molar-refractivity contribution in [1.29, 1.82) is 0 Å². The van der Waals surface area contributed by atoms with Crippen LogP contribution in [-0.2, 0) is 4.79 Å². The Kier molecular flexibility index (Phi) is 5.43. The number of rotatable bonds is 3. The van der Waals surface area contributed by atoms with Crippen LogP contribution in [-0.4, -0.2) is 29.0 Å². The maximum Gasteiger partial charge on any atom is 0.316 e. The summed E-state index contributed by atoms with van der Waals surface area (Å²) >= 11 is 18.0. The molecular formula is C16H14Cl3N3O2. The normalized spacial score (nSPS) is 17.6. The summed E-state index contributed by atoms with van der Waals surface area (Å²) in [7, 11) is 0. The standard InChI is InChI=1S/C16H14Cl3N3O2/c17-11-7-12(18)14(13(19)8-11)24-15(23)10-3-1-6-22(9-10)16-20-4-2-5-21-16/h2,4-5,7-8,10H,1,3,6,9H2. The van der Waals surface area contributed by atoms with Crippen LogP contribution >= 0.6 is 34.8 Å². The number of carbonyl (C=O) groups excluding carboxylic acids is 1. The zero-order valence-corrected chi connectivity index (χ0v) is 14.9. The number of aromatic nitrogens is 2. The van der Waals surface area contributed by atoms with Crippen molar-refractivity contribution >= 4 is 46.7 Å². The molecule has 1 atom stereocenters. The molecule has 1 saturated heterocycles. The fraction of sp³-hybridized carbons (Fsp3) is 0.312. The molecule has 8 heteroatoms. The topological polar surface area (TPSA) is 55.3 Å². The van der Waals surface area contributed by atoms with Gasteiger partial charge in [-0.2, -0.15) is 0 Å². The summed E-state index contributed by atoms with van der Waals surface area (Å²) in [6.07, 6.45) is 4.93. The highest BCUT2D eigenvalue weighted by molar-refractivity contribution is 6.40. The van der Waals surface area contributed by atoms with Gasteiger partial charge in [0.25, 0.3) is 0 Å². The molecule has 3 rings (SSSR count). The second kappa shape index (κ2) is 7.55. The Morgan fingerprint density at radius 3 is 2.50 bits per heavy atom. The van der Waals surface area contributed by atoms with E-state index in [-0.39, 0.29) is 27.7 Å². The van der Waals surface area contributed by atoms with Gasteiger partial charge in [-0.1, -0.05) is 34.8 Å². The Labute approximate surface area is 154 Å². The average Bonchev–Trinajstić information content (AvgIpc) is 2.59. The molecule has 0 amide bonds. The molecule has 1 aliphatic heterocycles. The molecule has 0 radical (unpaired) electrons. The second-order valence-corrected chi connectivity index (χ2v) is 6.70. The number of anilines is 1. The molecule has 2 heterocycles. The fourth-order valence-electron chi connectivity index (χ4n) is 2.62. The third-order valence-electron chi connectivity index (χ3n) is 3.76. The Bertz CT molecular complexity index is 720. The van der Waals surface area contributed by atoms with Crippen molar-refractivity contribution in [1.82, 2.24) is 9.97 Å². The Balaban J connectivity index is 1.71. The highest BCUT2D eigenvalue weighted by Crippen LogP contribution is 2.36. The summed E-state index contributed by atoms with van der Waals surface area (Å²) in [6, 6.07) is 4.73. The first-order valence-corrected chi connectivity index (χ1v) is 8.56. The SMILES string of the molecule is O=C(Oc1c(Cl)cc(Cl)cc1Cl)C1CCCN(c2ncccn2)C1. The highest BCUT2D eigenvalue weighted by atomic mass is 35.5. The minimum Gasteiger partial charge on any atom is -0.423 e. The first-order chi connectivity index (χ1) is 11.5. The van der Waals surface area contributed by atoms with Gasteiger partial charge >= 0.3 is 5.97 Å². The minimum atomic E-state index is -0.373. The van der Waals surface area contributed by atoms with Crippen molar-refractivity contribution in [3.63, 3.8) is 0 Å². The number of carbonyl (C=O) groups is 1. The lowest BCUT2D eigenvalue weighted by molar-refractivity contribution is -0.139. The smallest absolute Gasteiger partial charge is 0.316 e. The van der Waals surface area contributed by atoms with Gasteiger partial charge in [-0.3, -0.25) is 4.79 Å². The van der Waals surface area contributed by atoms with Crippen molar-refractivity contribution in [2.75, 3.05) is 18.0 Å². The van der Waals surface area contributed by atoms with Crippen molar-refractivity contribution in [3.8, 4) is 5.75 Å². The van der Waals surface area contributed by atoms with E-state index >= 15 is 0 Å². The summed E-state index contributed by atoms with van der Waals surface area (Å²) in [5.41, 5.74) is 0. The summed E-state index contributed by atoms with van der Waals surface area (Å²) in [5.74, 6) is 0.0745. The third kappa shape index (κ3) is 3.91. The number of nitrogens with zero attached hydrogens (tertiary/aromatic N) is 3. The summed E-state index contributed by atoms with van der Waals surface area (Å²) in [5, 5.41) is 0.801. The van der Waals surface area contributed by atoms with Crippen molar-refractivity contribution in [3.05, 3.63) is 45.7 Å². The molecule has 0 spiro atoms. The first-order valence-electron chi connectivity index (χ1n) is 7.43. The van der Waals surface area contributed by atoms with Gasteiger partial charge in [0, 0.05) is 30.5 Å². The molecule has 0 bridgehead atoms. The molecule has 0 aliphatic carbocycles. The largest absolute Gasteiger partial charge is 0.423 e. The van der Waals surface area contributed by atoms with Crippen LogP contribution in [0.15, 0.2) is 30.6 Å². The lowest BCUT2D eigenvalue weighted by atomic mass is 9.98. The molecule has 1 aromatic carbocycles. The second-order valence-electron chi connectivity index (χ2n) is 5.45. The van der Waals surface area contributed by atoms with Crippen LogP contribution in [0.5, 0.6) is 5.75 Å². The fourth-order valence-corrected chi connectivity index (χ4v) is 3.51. The van der Waals surface area contributed by atoms with Crippen LogP contribution in [0.25, 0.3) is 0 Å². The zero-order valence-electron chi connectivity index (χ0n) is 12.6. The molecular weight excluding hydrogens is 373 g/mol. The zero-order chi connectivity index (χ0) is 17.1. The maximum atomic E-state index is 12.5. The van der Waals surface area contributed by atoms with E-state index in [9.17, 15) is 4.79 Å². The van der Waals surface area contributed by atoms with Crippen LogP contribution < -0.4 is 9.64 Å². The van der Waals surface area contributed by atoms with E-state index in [4.69, 9.17) is 39.5 Å². The lowest BCUT2D eigenvalue weighted by Crippen LogP contribution is -2.41. The summed E-state index contributed by atoms with van der Waals surface area (Å²) in [4.78, 5) is 22.9. The number of hydrogen-bond donors (Lipinski definition) is 0. The molecule has 126 valence electrons. The van der Waals surface area contributed by atoms with Crippen molar-refractivity contribution in [2.45, 2.75) is 12.8 Å². The molecule has 1 aromatic heterocycles. The lowest BCUT2D eigenvalue weighted by Gasteiger charge is -2.31. The van der Waals surface area contributed by atoms with Gasteiger partial charge in [0.2, 0.25) is 5.95 Å². The van der Waals surface area contributed by atoms with E-state index in [1.165, 1.54) is 12.1 Å². The van der Waals surface area contributed by atoms with Crippen LogP contribution in [0.1, 0.15) is 12.8 Å². The summed E-state index contributed by atoms with van der Waals surface area (Å²) in [6.45, 7) is 1.29. The van der Waals surface area contributed by atoms with E-state index in [0.717, 1.165) is 19.4 Å². The van der Waals surface area contributed by atoms with Gasteiger partial charge in [-0.15, -0.1) is 0 Å². The number of ether oxygens (including phenoxy) is 1. The van der Waals surface area contributed by atoms with Gasteiger partial charge in [0.1, 0.15) is 0 Å². The number of halogens is 3.